The molecule has 1 aromatic carbocycles. The van der Waals surface area contributed by atoms with Crippen LogP contribution in [-0.4, -0.2) is 27.8 Å². The van der Waals surface area contributed by atoms with Crippen LogP contribution in [0.4, 0.5) is 5.69 Å². The maximum absolute atomic E-state index is 11.7. The first-order valence-corrected chi connectivity index (χ1v) is 10.7. The van der Waals surface area contributed by atoms with Crippen LogP contribution < -0.4 is 4.74 Å². The van der Waals surface area contributed by atoms with Crippen LogP contribution in [0.2, 0.25) is 6.04 Å². The highest BCUT2D eigenvalue weighted by Gasteiger charge is 2.08. The second-order valence-corrected chi connectivity index (χ2v) is 7.84. The van der Waals surface area contributed by atoms with E-state index in [0.29, 0.717) is 12.2 Å². The Kier molecular flexibility index (Phi) is 11.5. The van der Waals surface area contributed by atoms with Gasteiger partial charge in [-0.3, -0.25) is 14.9 Å². The van der Waals surface area contributed by atoms with Gasteiger partial charge in [0.15, 0.2) is 9.76 Å². The number of esters is 1. The number of nitro groups is 1. The summed E-state index contributed by atoms with van der Waals surface area (Å²) in [7, 11) is 1.56. The summed E-state index contributed by atoms with van der Waals surface area (Å²) in [6.07, 6.45) is 9.78. The summed E-state index contributed by atoms with van der Waals surface area (Å²) >= 11 is 0. The number of rotatable bonds is 14. The van der Waals surface area contributed by atoms with Crippen molar-refractivity contribution in [2.45, 2.75) is 63.8 Å². The van der Waals surface area contributed by atoms with Crippen molar-refractivity contribution >= 4 is 21.4 Å². The summed E-state index contributed by atoms with van der Waals surface area (Å²) in [5.74, 6) is 0.0725. The first kappa shape index (κ1) is 21.3. The fraction of sp³-hybridized carbons (Fsp3) is 0.611. The summed E-state index contributed by atoms with van der Waals surface area (Å²) in [4.78, 5) is 21.8. The van der Waals surface area contributed by atoms with Gasteiger partial charge in [0.2, 0.25) is 0 Å². The molecule has 0 heterocycles. The molecule has 140 valence electrons. The van der Waals surface area contributed by atoms with Crippen LogP contribution in [0, 0.1) is 10.1 Å². The molecule has 0 saturated heterocycles. The Morgan fingerprint density at radius 3 is 2.12 bits per heavy atom. The van der Waals surface area contributed by atoms with Crippen LogP contribution in [0.3, 0.4) is 0 Å². The van der Waals surface area contributed by atoms with Crippen molar-refractivity contribution in [1.29, 1.82) is 0 Å². The number of nitro benzene ring substituents is 1. The summed E-state index contributed by atoms with van der Waals surface area (Å²) in [6, 6.07) is 6.85. The fourth-order valence-corrected chi connectivity index (χ4v) is 3.42. The third kappa shape index (κ3) is 10.7. The second kappa shape index (κ2) is 13.5. The van der Waals surface area contributed by atoms with E-state index in [0.717, 1.165) is 19.3 Å². The van der Waals surface area contributed by atoms with Crippen LogP contribution in [0.15, 0.2) is 24.3 Å². The van der Waals surface area contributed by atoms with E-state index < -0.39 is 4.92 Å². The number of benzene rings is 1. The third-order valence-corrected chi connectivity index (χ3v) is 5.21. The Labute approximate surface area is 152 Å². The molecule has 7 heteroatoms. The number of hydrogen-bond donors (Lipinski definition) is 0. The van der Waals surface area contributed by atoms with Crippen molar-refractivity contribution in [3.05, 3.63) is 34.4 Å². The van der Waals surface area contributed by atoms with Crippen molar-refractivity contribution in [2.75, 3.05) is 7.11 Å². The molecule has 0 N–H and O–H groups in total. The molecule has 1 rings (SSSR count). The number of unbranched alkanes of at least 4 members (excludes halogenated alkanes) is 7. The standard InChI is InChI=1S/C18H29NO5Si/c1-23-25-15-9-7-5-3-2-4-6-8-10-18(20)24-17-13-11-16(12-14-17)19(21)22/h11-14H,2-10,15,25H2,1H3. The molecule has 0 aliphatic rings. The van der Waals surface area contributed by atoms with E-state index in [1.165, 1.54) is 62.4 Å². The second-order valence-electron chi connectivity index (χ2n) is 6.15. The predicted octanol–water partition coefficient (Wildman–Crippen LogP) is 4.16. The molecule has 0 aliphatic carbocycles. The summed E-state index contributed by atoms with van der Waals surface area (Å²) in [5.41, 5.74) is -0.0134. The van der Waals surface area contributed by atoms with Crippen molar-refractivity contribution in [2.24, 2.45) is 0 Å². The SMILES string of the molecule is CO[SiH2]CCCCCCCCCCC(=O)Oc1ccc([N+](=O)[O-])cc1. The van der Waals surface area contributed by atoms with E-state index in [4.69, 9.17) is 9.16 Å². The summed E-state index contributed by atoms with van der Waals surface area (Å²) in [6.45, 7) is 0. The minimum absolute atomic E-state index is 0.0134. The average molecular weight is 368 g/mol. The van der Waals surface area contributed by atoms with Gasteiger partial charge in [0.05, 0.1) is 4.92 Å². The van der Waals surface area contributed by atoms with Crippen LogP contribution in [0.25, 0.3) is 0 Å². The lowest BCUT2D eigenvalue weighted by molar-refractivity contribution is -0.384. The first-order valence-electron chi connectivity index (χ1n) is 9.07. The highest BCUT2D eigenvalue weighted by molar-refractivity contribution is 6.26. The number of non-ortho nitro benzene ring substituents is 1. The maximum atomic E-state index is 11.7. The Hall–Kier alpha value is -1.73. The number of carbonyl (C=O) groups excluding carboxylic acids is 1. The molecule has 6 nitrogen and oxygen atoms in total. The van der Waals surface area contributed by atoms with Crippen molar-refractivity contribution in [1.82, 2.24) is 0 Å². The molecule has 0 amide bonds. The number of ether oxygens (including phenoxy) is 1. The zero-order valence-electron chi connectivity index (χ0n) is 15.1. The average Bonchev–Trinajstić information content (AvgIpc) is 2.60. The zero-order valence-corrected chi connectivity index (χ0v) is 16.5. The van der Waals surface area contributed by atoms with Gasteiger partial charge in [0.1, 0.15) is 5.75 Å². The molecule has 0 spiro atoms. The maximum Gasteiger partial charge on any atom is 0.311 e. The molecule has 0 bridgehead atoms. The Bertz CT molecular complexity index is 507. The van der Waals surface area contributed by atoms with E-state index >= 15 is 0 Å². The van der Waals surface area contributed by atoms with E-state index in [1.807, 2.05) is 0 Å². The van der Waals surface area contributed by atoms with E-state index in [1.54, 1.807) is 7.11 Å². The zero-order chi connectivity index (χ0) is 18.3. The number of nitrogens with zero attached hydrogens (tertiary/aromatic N) is 1. The van der Waals surface area contributed by atoms with Gasteiger partial charge < -0.3 is 9.16 Å². The van der Waals surface area contributed by atoms with Gasteiger partial charge in [-0.15, -0.1) is 0 Å². The summed E-state index contributed by atoms with van der Waals surface area (Å²) in [5, 5.41) is 10.6. The molecule has 0 aliphatic heterocycles. The molecular formula is C18H29NO5Si. The van der Waals surface area contributed by atoms with Gasteiger partial charge in [-0.25, -0.2) is 0 Å². The van der Waals surface area contributed by atoms with E-state index in [2.05, 4.69) is 0 Å². The molecule has 25 heavy (non-hydrogen) atoms. The van der Waals surface area contributed by atoms with E-state index in [-0.39, 0.29) is 21.4 Å². The molecule has 0 fully saturated rings. The highest BCUT2D eigenvalue weighted by atomic mass is 28.2. The fourth-order valence-electron chi connectivity index (χ4n) is 2.57. The molecule has 1 aromatic rings. The first-order chi connectivity index (χ1) is 12.1. The van der Waals surface area contributed by atoms with Gasteiger partial charge >= 0.3 is 5.97 Å². The van der Waals surface area contributed by atoms with Crippen molar-refractivity contribution < 1.29 is 18.9 Å². The van der Waals surface area contributed by atoms with Gasteiger partial charge in [-0.2, -0.15) is 0 Å². The minimum atomic E-state index is -0.479. The quantitative estimate of drug-likeness (QED) is 0.123. The Morgan fingerprint density at radius 2 is 1.56 bits per heavy atom. The van der Waals surface area contributed by atoms with Crippen molar-refractivity contribution in [3.63, 3.8) is 0 Å². The van der Waals surface area contributed by atoms with Crippen molar-refractivity contribution in [3.8, 4) is 5.75 Å². The van der Waals surface area contributed by atoms with Gasteiger partial charge in [0, 0.05) is 25.7 Å². The monoisotopic (exact) mass is 367 g/mol. The molecule has 0 saturated carbocycles. The van der Waals surface area contributed by atoms with Crippen LogP contribution >= 0.6 is 0 Å². The lowest BCUT2D eigenvalue weighted by Gasteiger charge is -2.04. The third-order valence-electron chi connectivity index (χ3n) is 4.01. The number of hydrogen-bond acceptors (Lipinski definition) is 5. The Morgan fingerprint density at radius 1 is 1.00 bits per heavy atom. The van der Waals surface area contributed by atoms with E-state index in [9.17, 15) is 14.9 Å². The van der Waals surface area contributed by atoms with Crippen LogP contribution in [0.5, 0.6) is 5.75 Å². The highest BCUT2D eigenvalue weighted by Crippen LogP contribution is 2.18. The molecule has 0 atom stereocenters. The number of carbonyl (C=O) groups is 1. The Balaban J connectivity index is 1.99. The summed E-state index contributed by atoms with van der Waals surface area (Å²) < 4.78 is 10.3. The van der Waals surface area contributed by atoms with Crippen LogP contribution in [0.1, 0.15) is 57.8 Å². The molecular weight excluding hydrogens is 338 g/mol. The largest absolute Gasteiger partial charge is 0.427 e. The predicted molar refractivity (Wildman–Crippen MR) is 101 cm³/mol. The molecule has 0 unspecified atom stereocenters. The topological polar surface area (TPSA) is 78.7 Å². The van der Waals surface area contributed by atoms with Gasteiger partial charge in [-0.1, -0.05) is 44.9 Å². The smallest absolute Gasteiger partial charge is 0.311 e. The lowest BCUT2D eigenvalue weighted by Crippen LogP contribution is -2.07. The van der Waals surface area contributed by atoms with Crippen LogP contribution in [-0.2, 0) is 9.22 Å². The molecule has 0 radical (unpaired) electrons. The normalized spacial score (nSPS) is 11.1. The minimum Gasteiger partial charge on any atom is -0.427 e. The van der Waals surface area contributed by atoms with Gasteiger partial charge in [-0.05, 0) is 24.6 Å². The lowest BCUT2D eigenvalue weighted by atomic mass is 10.1. The van der Waals surface area contributed by atoms with Gasteiger partial charge in [0.25, 0.3) is 5.69 Å². The molecule has 0 aromatic heterocycles.